The van der Waals surface area contributed by atoms with Gasteiger partial charge in [-0.25, -0.2) is 0 Å². The number of amides is 2. The largest absolute Gasteiger partial charge is 0.339 e. The number of hydrogen-bond donors (Lipinski definition) is 0. The van der Waals surface area contributed by atoms with Crippen molar-refractivity contribution in [1.82, 2.24) is 19.9 Å². The summed E-state index contributed by atoms with van der Waals surface area (Å²) < 4.78 is 5.57. The third kappa shape index (κ3) is 2.95. The maximum atomic E-state index is 13.0. The maximum absolute atomic E-state index is 13.0. The molecule has 3 aromatic rings. The van der Waals surface area contributed by atoms with Crippen LogP contribution in [0.1, 0.15) is 31.7 Å². The number of likely N-dealkylation sites (tertiary alicyclic amines) is 2. The predicted octanol–water partition coefficient (Wildman–Crippen LogP) is 2.61. The summed E-state index contributed by atoms with van der Waals surface area (Å²) in [6.45, 7) is 3.83. The molecule has 2 aromatic heterocycles. The van der Waals surface area contributed by atoms with Crippen LogP contribution in [0.25, 0.3) is 0 Å². The van der Waals surface area contributed by atoms with E-state index in [0.29, 0.717) is 43.5 Å². The van der Waals surface area contributed by atoms with Crippen molar-refractivity contribution in [2.24, 2.45) is 5.92 Å². The molecule has 0 saturated carbocycles. The lowest BCUT2D eigenvalue weighted by Gasteiger charge is -2.26. The smallest absolute Gasteiger partial charge is 0.263 e. The van der Waals surface area contributed by atoms with Crippen molar-refractivity contribution in [2.45, 2.75) is 12.3 Å². The van der Waals surface area contributed by atoms with Crippen LogP contribution in [0.2, 0.25) is 0 Å². The van der Waals surface area contributed by atoms with Gasteiger partial charge in [0, 0.05) is 37.7 Å². The number of aromatic nitrogens is 2. The Bertz CT molecular complexity index is 1050. The van der Waals surface area contributed by atoms with Crippen LogP contribution >= 0.6 is 11.3 Å². The fourth-order valence-electron chi connectivity index (χ4n) is 4.50. The first-order chi connectivity index (χ1) is 14.1. The molecule has 1 aromatic carbocycles. The van der Waals surface area contributed by atoms with Gasteiger partial charge in [-0.05, 0) is 30.5 Å². The Morgan fingerprint density at radius 1 is 1.07 bits per heavy atom. The van der Waals surface area contributed by atoms with Crippen molar-refractivity contribution >= 4 is 23.2 Å². The third-order valence-electron chi connectivity index (χ3n) is 5.89. The van der Waals surface area contributed by atoms with Crippen LogP contribution in [0.15, 0.2) is 52.4 Å². The maximum Gasteiger partial charge on any atom is 0.263 e. The third-order valence-corrected chi connectivity index (χ3v) is 6.75. The van der Waals surface area contributed by atoms with Gasteiger partial charge in [-0.1, -0.05) is 29.4 Å². The standard InChI is InChI=1S/C21H20N4O3S/c1-14-22-20(28-23-14)21-12-24(18(26)15-6-3-2-4-7-15)10-16(21)11-25(13-21)19(27)17-8-5-9-29-17/h2-9,16H,10-13H2,1H3/t16-,21-/m1/s1. The van der Waals surface area contributed by atoms with Gasteiger partial charge in [0.05, 0.1) is 10.3 Å². The van der Waals surface area contributed by atoms with Gasteiger partial charge >= 0.3 is 0 Å². The minimum atomic E-state index is -0.529. The number of benzene rings is 1. The van der Waals surface area contributed by atoms with Gasteiger partial charge in [-0.15, -0.1) is 11.3 Å². The first-order valence-electron chi connectivity index (χ1n) is 9.55. The summed E-state index contributed by atoms with van der Waals surface area (Å²) in [4.78, 5) is 34.9. The van der Waals surface area contributed by atoms with Crippen LogP contribution in [-0.2, 0) is 5.41 Å². The molecule has 2 aliphatic heterocycles. The molecule has 8 heteroatoms. The number of hydrogen-bond acceptors (Lipinski definition) is 6. The second kappa shape index (κ2) is 6.81. The minimum absolute atomic E-state index is 0.00764. The van der Waals surface area contributed by atoms with Gasteiger partial charge in [0.25, 0.3) is 11.8 Å². The molecule has 148 valence electrons. The molecule has 29 heavy (non-hydrogen) atoms. The van der Waals surface area contributed by atoms with E-state index in [-0.39, 0.29) is 17.7 Å². The van der Waals surface area contributed by atoms with Crippen molar-refractivity contribution < 1.29 is 14.1 Å². The van der Waals surface area contributed by atoms with Crippen molar-refractivity contribution in [1.29, 1.82) is 0 Å². The summed E-state index contributed by atoms with van der Waals surface area (Å²) in [6.07, 6.45) is 0. The molecule has 2 atom stereocenters. The van der Waals surface area contributed by atoms with Gasteiger partial charge in [0.2, 0.25) is 5.89 Å². The molecule has 0 radical (unpaired) electrons. The number of carbonyl (C=O) groups is 2. The van der Waals surface area contributed by atoms with E-state index in [4.69, 9.17) is 4.52 Å². The van der Waals surface area contributed by atoms with Crippen molar-refractivity contribution in [3.05, 3.63) is 70.0 Å². The Hall–Kier alpha value is -3.00. The highest BCUT2D eigenvalue weighted by Gasteiger charge is 2.58. The molecule has 0 unspecified atom stereocenters. The summed E-state index contributed by atoms with van der Waals surface area (Å²) >= 11 is 1.44. The number of aryl methyl sites for hydroxylation is 1. The molecular weight excluding hydrogens is 388 g/mol. The number of carbonyl (C=O) groups excluding carboxylic acids is 2. The van der Waals surface area contributed by atoms with Crippen molar-refractivity contribution in [3.63, 3.8) is 0 Å². The molecule has 0 spiro atoms. The molecular formula is C21H20N4O3S. The Kier molecular flexibility index (Phi) is 4.24. The van der Waals surface area contributed by atoms with E-state index in [1.807, 2.05) is 57.6 Å². The first-order valence-corrected chi connectivity index (χ1v) is 10.4. The normalized spacial score (nSPS) is 23.4. The van der Waals surface area contributed by atoms with E-state index in [1.165, 1.54) is 11.3 Å². The molecule has 0 N–H and O–H groups in total. The van der Waals surface area contributed by atoms with E-state index in [9.17, 15) is 9.59 Å². The average Bonchev–Trinajstić information content (AvgIpc) is 3.50. The second-order valence-corrected chi connectivity index (χ2v) is 8.66. The topological polar surface area (TPSA) is 79.5 Å². The van der Waals surface area contributed by atoms with Crippen molar-refractivity contribution in [2.75, 3.05) is 26.2 Å². The van der Waals surface area contributed by atoms with Crippen molar-refractivity contribution in [3.8, 4) is 0 Å². The lowest BCUT2D eigenvalue weighted by molar-refractivity contribution is 0.0730. The lowest BCUT2D eigenvalue weighted by Crippen LogP contribution is -2.41. The fourth-order valence-corrected chi connectivity index (χ4v) is 5.19. The summed E-state index contributed by atoms with van der Waals surface area (Å²) in [5.74, 6) is 1.14. The van der Waals surface area contributed by atoms with Crippen LogP contribution < -0.4 is 0 Å². The Morgan fingerprint density at radius 3 is 2.41 bits per heavy atom. The molecule has 5 rings (SSSR count). The summed E-state index contributed by atoms with van der Waals surface area (Å²) in [6, 6.07) is 13.0. The predicted molar refractivity (Wildman–Crippen MR) is 107 cm³/mol. The fraction of sp³-hybridized carbons (Fsp3) is 0.333. The quantitative estimate of drug-likeness (QED) is 0.666. The van der Waals surface area contributed by atoms with Crippen LogP contribution in [0.5, 0.6) is 0 Å². The number of fused-ring (bicyclic) bond motifs is 1. The number of nitrogens with zero attached hydrogens (tertiary/aromatic N) is 4. The van der Waals surface area contributed by atoms with E-state index >= 15 is 0 Å². The SMILES string of the molecule is Cc1noc([C@@]23CN(C(=O)c4ccccc4)C[C@@H]2CN(C(=O)c2cccs2)C3)n1. The van der Waals surface area contributed by atoms with Gasteiger partial charge in [0.15, 0.2) is 5.82 Å². The lowest BCUT2D eigenvalue weighted by atomic mass is 9.81. The van der Waals surface area contributed by atoms with Crippen LogP contribution in [0.4, 0.5) is 0 Å². The van der Waals surface area contributed by atoms with Gasteiger partial charge < -0.3 is 14.3 Å². The van der Waals surface area contributed by atoms with Gasteiger partial charge in [0.1, 0.15) is 0 Å². The molecule has 0 bridgehead atoms. The zero-order valence-corrected chi connectivity index (χ0v) is 16.8. The Morgan fingerprint density at radius 2 is 1.79 bits per heavy atom. The second-order valence-electron chi connectivity index (χ2n) is 7.71. The molecule has 2 saturated heterocycles. The highest BCUT2D eigenvalue weighted by atomic mass is 32.1. The van der Waals surface area contributed by atoms with Gasteiger partial charge in [-0.2, -0.15) is 4.98 Å². The van der Waals surface area contributed by atoms with Crippen LogP contribution in [0.3, 0.4) is 0 Å². The summed E-state index contributed by atoms with van der Waals surface area (Å²) in [5, 5.41) is 5.88. The molecule has 4 heterocycles. The summed E-state index contributed by atoms with van der Waals surface area (Å²) in [5.41, 5.74) is 0.134. The zero-order valence-electron chi connectivity index (χ0n) is 15.9. The van der Waals surface area contributed by atoms with Crippen LogP contribution in [0, 0.1) is 12.8 Å². The Balaban J connectivity index is 1.46. The minimum Gasteiger partial charge on any atom is -0.339 e. The van der Waals surface area contributed by atoms with E-state index < -0.39 is 5.41 Å². The van der Waals surface area contributed by atoms with E-state index in [0.717, 1.165) is 4.88 Å². The highest BCUT2D eigenvalue weighted by molar-refractivity contribution is 7.12. The van der Waals surface area contributed by atoms with Gasteiger partial charge in [-0.3, -0.25) is 9.59 Å². The molecule has 2 fully saturated rings. The Labute approximate surface area is 171 Å². The van der Waals surface area contributed by atoms with Crippen LogP contribution in [-0.4, -0.2) is 57.9 Å². The average molecular weight is 408 g/mol. The van der Waals surface area contributed by atoms with E-state index in [1.54, 1.807) is 6.92 Å². The number of rotatable bonds is 3. The monoisotopic (exact) mass is 408 g/mol. The van der Waals surface area contributed by atoms with E-state index in [2.05, 4.69) is 10.1 Å². The molecule has 2 aliphatic rings. The number of thiophene rings is 1. The molecule has 2 amide bonds. The highest BCUT2D eigenvalue weighted by Crippen LogP contribution is 2.45. The first kappa shape index (κ1) is 18.1. The molecule has 7 nitrogen and oxygen atoms in total. The molecule has 0 aliphatic carbocycles. The summed E-state index contributed by atoms with van der Waals surface area (Å²) in [7, 11) is 0. The zero-order chi connectivity index (χ0) is 20.0.